The molecule has 3 heterocycles. The summed E-state index contributed by atoms with van der Waals surface area (Å²) in [4.78, 5) is 13.0. The Morgan fingerprint density at radius 2 is 2.09 bits per heavy atom. The predicted octanol–water partition coefficient (Wildman–Crippen LogP) is 1.68. The van der Waals surface area contributed by atoms with Crippen LogP contribution in [-0.2, 0) is 10.0 Å². The van der Waals surface area contributed by atoms with E-state index in [1.54, 1.807) is 24.8 Å². The van der Waals surface area contributed by atoms with Gasteiger partial charge in [-0.25, -0.2) is 17.7 Å². The molecule has 0 N–H and O–H groups in total. The summed E-state index contributed by atoms with van der Waals surface area (Å²) in [5, 5.41) is 0. The van der Waals surface area contributed by atoms with Gasteiger partial charge in [-0.3, -0.25) is 9.97 Å². The van der Waals surface area contributed by atoms with Gasteiger partial charge in [0.2, 0.25) is 10.0 Å². The van der Waals surface area contributed by atoms with E-state index in [0.717, 1.165) is 29.8 Å². The highest BCUT2D eigenvalue weighted by Crippen LogP contribution is 2.27. The molecule has 0 unspecified atom stereocenters. The van der Waals surface area contributed by atoms with E-state index in [0.29, 0.717) is 13.1 Å². The van der Waals surface area contributed by atoms with E-state index in [1.165, 1.54) is 10.6 Å². The summed E-state index contributed by atoms with van der Waals surface area (Å²) in [6.45, 7) is 1.06. The van der Waals surface area contributed by atoms with Crippen LogP contribution in [0.1, 0.15) is 24.5 Å². The zero-order chi connectivity index (χ0) is 15.6. The number of nitrogens with zero attached hydrogens (tertiary/aromatic N) is 4. The van der Waals surface area contributed by atoms with Gasteiger partial charge < -0.3 is 0 Å². The van der Waals surface area contributed by atoms with Crippen molar-refractivity contribution >= 4 is 10.0 Å². The first-order valence-corrected chi connectivity index (χ1v) is 9.06. The van der Waals surface area contributed by atoms with Gasteiger partial charge in [-0.15, -0.1) is 0 Å². The molecule has 0 aromatic carbocycles. The minimum atomic E-state index is -3.15. The highest BCUT2D eigenvalue weighted by Gasteiger charge is 2.27. The van der Waals surface area contributed by atoms with Crippen molar-refractivity contribution in [1.29, 1.82) is 0 Å². The van der Waals surface area contributed by atoms with Crippen molar-refractivity contribution < 1.29 is 8.42 Å². The van der Waals surface area contributed by atoms with Gasteiger partial charge in [-0.05, 0) is 25.0 Å². The second-order valence-electron chi connectivity index (χ2n) is 5.53. The Labute approximate surface area is 130 Å². The van der Waals surface area contributed by atoms with Gasteiger partial charge in [0.1, 0.15) is 0 Å². The average Bonchev–Trinajstić information content (AvgIpc) is 2.55. The molecule has 1 atom stereocenters. The molecule has 1 aliphatic rings. The minimum absolute atomic E-state index is 0.0904. The third-order valence-electron chi connectivity index (χ3n) is 3.88. The maximum Gasteiger partial charge on any atom is 0.211 e. The van der Waals surface area contributed by atoms with E-state index in [-0.39, 0.29) is 5.92 Å². The SMILES string of the molecule is CS(=O)(=O)N1CCC[C@H](c2cncc(-c3cccnc3)n2)C1. The highest BCUT2D eigenvalue weighted by atomic mass is 32.2. The van der Waals surface area contributed by atoms with Crippen molar-refractivity contribution in [3.63, 3.8) is 0 Å². The lowest BCUT2D eigenvalue weighted by atomic mass is 9.96. The molecule has 0 saturated carbocycles. The topological polar surface area (TPSA) is 76.1 Å². The summed E-state index contributed by atoms with van der Waals surface area (Å²) < 4.78 is 25.0. The lowest BCUT2D eigenvalue weighted by Gasteiger charge is -2.30. The number of hydrogen-bond acceptors (Lipinski definition) is 5. The summed E-state index contributed by atoms with van der Waals surface area (Å²) in [5.74, 6) is 0.0904. The smallest absolute Gasteiger partial charge is 0.211 e. The maximum absolute atomic E-state index is 11.7. The fraction of sp³-hybridized carbons (Fsp3) is 0.400. The third kappa shape index (κ3) is 3.31. The van der Waals surface area contributed by atoms with Crippen molar-refractivity contribution in [2.75, 3.05) is 19.3 Å². The van der Waals surface area contributed by atoms with Crippen molar-refractivity contribution in [3.05, 3.63) is 42.6 Å². The standard InChI is InChI=1S/C15H18N4O2S/c1-22(20,21)19-7-3-5-13(11-19)15-10-17-9-14(18-15)12-4-2-6-16-8-12/h2,4,6,8-10,13H,3,5,7,11H2,1H3/t13-/m0/s1. The minimum Gasteiger partial charge on any atom is -0.264 e. The molecule has 0 aliphatic carbocycles. The van der Waals surface area contributed by atoms with E-state index in [4.69, 9.17) is 0 Å². The van der Waals surface area contributed by atoms with E-state index >= 15 is 0 Å². The molecule has 6 nitrogen and oxygen atoms in total. The fourth-order valence-corrected chi connectivity index (χ4v) is 3.63. The van der Waals surface area contributed by atoms with Crippen LogP contribution >= 0.6 is 0 Å². The number of rotatable bonds is 3. The van der Waals surface area contributed by atoms with Gasteiger partial charge in [-0.1, -0.05) is 0 Å². The zero-order valence-electron chi connectivity index (χ0n) is 12.4. The number of hydrogen-bond donors (Lipinski definition) is 0. The molecule has 22 heavy (non-hydrogen) atoms. The molecule has 1 saturated heterocycles. The van der Waals surface area contributed by atoms with Crippen LogP contribution in [0.5, 0.6) is 0 Å². The summed E-state index contributed by atoms with van der Waals surface area (Å²) in [5.41, 5.74) is 2.52. The van der Waals surface area contributed by atoms with Crippen LogP contribution in [0.25, 0.3) is 11.3 Å². The Hall–Kier alpha value is -1.86. The molecule has 2 aromatic heterocycles. The first-order valence-electron chi connectivity index (χ1n) is 7.21. The molecule has 3 rings (SSSR count). The van der Waals surface area contributed by atoms with Crippen LogP contribution in [0, 0.1) is 0 Å². The Balaban J connectivity index is 1.86. The largest absolute Gasteiger partial charge is 0.264 e. The molecular weight excluding hydrogens is 300 g/mol. The van der Waals surface area contributed by atoms with Gasteiger partial charge >= 0.3 is 0 Å². The van der Waals surface area contributed by atoms with E-state index in [1.807, 2.05) is 12.1 Å². The molecule has 1 aliphatic heterocycles. The molecule has 0 bridgehead atoms. The van der Waals surface area contributed by atoms with Crippen LogP contribution in [0.4, 0.5) is 0 Å². The van der Waals surface area contributed by atoms with Gasteiger partial charge in [0.25, 0.3) is 0 Å². The molecule has 0 radical (unpaired) electrons. The lowest BCUT2D eigenvalue weighted by molar-refractivity contribution is 0.314. The fourth-order valence-electron chi connectivity index (χ4n) is 2.72. The maximum atomic E-state index is 11.7. The molecule has 7 heteroatoms. The molecule has 2 aromatic rings. The van der Waals surface area contributed by atoms with Crippen molar-refractivity contribution in [2.45, 2.75) is 18.8 Å². The van der Waals surface area contributed by atoms with E-state index < -0.39 is 10.0 Å². The van der Waals surface area contributed by atoms with Gasteiger partial charge in [-0.2, -0.15) is 0 Å². The summed E-state index contributed by atoms with van der Waals surface area (Å²) in [6, 6.07) is 3.79. The van der Waals surface area contributed by atoms with E-state index in [9.17, 15) is 8.42 Å². The molecule has 0 spiro atoms. The summed E-state index contributed by atoms with van der Waals surface area (Å²) >= 11 is 0. The van der Waals surface area contributed by atoms with Crippen LogP contribution in [0.15, 0.2) is 36.9 Å². The Morgan fingerprint density at radius 3 is 2.82 bits per heavy atom. The number of pyridine rings is 1. The molecule has 116 valence electrons. The summed E-state index contributed by atoms with van der Waals surface area (Å²) in [7, 11) is -3.15. The molecule has 1 fully saturated rings. The molecule has 0 amide bonds. The van der Waals surface area contributed by atoms with Crippen LogP contribution in [0.2, 0.25) is 0 Å². The first kappa shape index (κ1) is 15.1. The van der Waals surface area contributed by atoms with E-state index in [2.05, 4.69) is 15.0 Å². The van der Waals surface area contributed by atoms with Crippen molar-refractivity contribution in [2.24, 2.45) is 0 Å². The third-order valence-corrected chi connectivity index (χ3v) is 5.15. The monoisotopic (exact) mass is 318 g/mol. The Bertz CT molecular complexity index is 749. The second kappa shape index (κ2) is 6.10. The number of sulfonamides is 1. The average molecular weight is 318 g/mol. The van der Waals surface area contributed by atoms with Gasteiger partial charge in [0.15, 0.2) is 0 Å². The number of aromatic nitrogens is 3. The number of piperidine rings is 1. The highest BCUT2D eigenvalue weighted by molar-refractivity contribution is 7.88. The van der Waals surface area contributed by atoms with Crippen molar-refractivity contribution in [3.8, 4) is 11.3 Å². The lowest BCUT2D eigenvalue weighted by Crippen LogP contribution is -2.38. The quantitative estimate of drug-likeness (QED) is 0.860. The first-order chi connectivity index (χ1) is 10.5. The van der Waals surface area contributed by atoms with Gasteiger partial charge in [0.05, 0.1) is 23.8 Å². The van der Waals surface area contributed by atoms with Crippen molar-refractivity contribution in [1.82, 2.24) is 19.3 Å². The van der Waals surface area contributed by atoms with Crippen LogP contribution < -0.4 is 0 Å². The second-order valence-corrected chi connectivity index (χ2v) is 7.51. The normalized spacial score (nSPS) is 20.0. The zero-order valence-corrected chi connectivity index (χ0v) is 13.2. The van der Waals surface area contributed by atoms with Crippen LogP contribution in [0.3, 0.4) is 0 Å². The Morgan fingerprint density at radius 1 is 1.23 bits per heavy atom. The predicted molar refractivity (Wildman–Crippen MR) is 83.7 cm³/mol. The summed E-state index contributed by atoms with van der Waals surface area (Å²) in [6.07, 6.45) is 9.93. The van der Waals surface area contributed by atoms with Gasteiger partial charge in [0, 0.05) is 43.2 Å². The van der Waals surface area contributed by atoms with Crippen LogP contribution in [-0.4, -0.2) is 47.0 Å². The molecular formula is C15H18N4O2S. The Kier molecular flexibility index (Phi) is 4.17.